The highest BCUT2D eigenvalue weighted by Gasteiger charge is 2.12. The van der Waals surface area contributed by atoms with Crippen LogP contribution in [0.2, 0.25) is 0 Å². The lowest BCUT2D eigenvalue weighted by atomic mass is 9.99. The molecule has 1 heterocycles. The fourth-order valence-electron chi connectivity index (χ4n) is 2.35. The Kier molecular flexibility index (Phi) is 3.62. The Balaban J connectivity index is 2.17. The van der Waals surface area contributed by atoms with Crippen molar-refractivity contribution >= 4 is 11.8 Å². The molecule has 3 rings (SSSR count). The average molecular weight is 292 g/mol. The van der Waals surface area contributed by atoms with Gasteiger partial charge in [-0.05, 0) is 23.3 Å². The Hall–Kier alpha value is -3.08. The van der Waals surface area contributed by atoms with Crippen LogP contribution in [0.15, 0.2) is 54.7 Å². The molecule has 0 spiro atoms. The number of methoxy groups -OCH3 is 1. The molecular weight excluding hydrogens is 276 g/mol. The Morgan fingerprint density at radius 2 is 1.68 bits per heavy atom. The minimum absolute atomic E-state index is 0.152. The zero-order valence-corrected chi connectivity index (χ0v) is 12.2. The Morgan fingerprint density at radius 1 is 0.909 bits per heavy atom. The van der Waals surface area contributed by atoms with Crippen molar-refractivity contribution in [2.24, 2.45) is 0 Å². The van der Waals surface area contributed by atoms with E-state index in [1.54, 1.807) is 13.3 Å². The third kappa shape index (κ3) is 2.56. The molecule has 4 N–H and O–H groups in total. The van der Waals surface area contributed by atoms with Crippen molar-refractivity contribution < 1.29 is 4.74 Å². The summed E-state index contributed by atoms with van der Waals surface area (Å²) in [6, 6.07) is 16.0. The first-order valence-electron chi connectivity index (χ1n) is 6.81. The van der Waals surface area contributed by atoms with Crippen LogP contribution in [0.1, 0.15) is 0 Å². The summed E-state index contributed by atoms with van der Waals surface area (Å²) in [6.45, 7) is 0. The Labute approximate surface area is 128 Å². The van der Waals surface area contributed by atoms with E-state index in [-0.39, 0.29) is 5.95 Å². The van der Waals surface area contributed by atoms with Gasteiger partial charge in [0.25, 0.3) is 0 Å². The maximum absolute atomic E-state index is 5.98. The number of rotatable bonds is 3. The van der Waals surface area contributed by atoms with Gasteiger partial charge in [0, 0.05) is 17.3 Å². The van der Waals surface area contributed by atoms with Gasteiger partial charge in [-0.2, -0.15) is 4.98 Å². The number of anilines is 2. The zero-order valence-electron chi connectivity index (χ0n) is 12.2. The summed E-state index contributed by atoms with van der Waals surface area (Å²) in [4.78, 5) is 8.04. The number of benzene rings is 2. The first kappa shape index (κ1) is 13.9. The highest BCUT2D eigenvalue weighted by Crippen LogP contribution is 2.36. The van der Waals surface area contributed by atoms with E-state index in [1.807, 2.05) is 36.4 Å². The standard InChI is InChI=1S/C17H16N4O/c1-22-15-8-7-12(11-5-3-2-4-6-11)9-13(15)14-10-20-17(19)21-16(14)18/h2-10H,1H3,(H4,18,19,20,21). The summed E-state index contributed by atoms with van der Waals surface area (Å²) in [5.41, 5.74) is 15.3. The molecule has 0 bridgehead atoms. The molecule has 110 valence electrons. The minimum atomic E-state index is 0.152. The topological polar surface area (TPSA) is 87.0 Å². The van der Waals surface area contributed by atoms with Crippen LogP contribution in [0, 0.1) is 0 Å². The van der Waals surface area contributed by atoms with Gasteiger partial charge in [0.15, 0.2) is 0 Å². The number of nitrogen functional groups attached to an aromatic ring is 2. The van der Waals surface area contributed by atoms with Crippen molar-refractivity contribution in [1.29, 1.82) is 0 Å². The summed E-state index contributed by atoms with van der Waals surface area (Å²) >= 11 is 0. The summed E-state index contributed by atoms with van der Waals surface area (Å²) in [7, 11) is 1.62. The van der Waals surface area contributed by atoms with Crippen LogP contribution in [0.3, 0.4) is 0 Å². The quantitative estimate of drug-likeness (QED) is 0.775. The molecule has 0 saturated heterocycles. The normalized spacial score (nSPS) is 10.4. The largest absolute Gasteiger partial charge is 0.496 e. The summed E-state index contributed by atoms with van der Waals surface area (Å²) in [5.74, 6) is 1.19. The van der Waals surface area contributed by atoms with Crippen LogP contribution < -0.4 is 16.2 Å². The van der Waals surface area contributed by atoms with Gasteiger partial charge in [0.1, 0.15) is 11.6 Å². The highest BCUT2D eigenvalue weighted by molar-refractivity contribution is 5.82. The summed E-state index contributed by atoms with van der Waals surface area (Å²) in [5, 5.41) is 0. The molecule has 5 nitrogen and oxygen atoms in total. The van der Waals surface area contributed by atoms with Crippen LogP contribution >= 0.6 is 0 Å². The van der Waals surface area contributed by atoms with Crippen LogP contribution in [0.5, 0.6) is 5.75 Å². The Morgan fingerprint density at radius 3 is 2.36 bits per heavy atom. The van der Waals surface area contributed by atoms with Gasteiger partial charge in [-0.15, -0.1) is 0 Å². The molecule has 1 aromatic heterocycles. The van der Waals surface area contributed by atoms with E-state index in [9.17, 15) is 0 Å². The molecule has 0 radical (unpaired) electrons. The van der Waals surface area contributed by atoms with Gasteiger partial charge in [0.2, 0.25) is 5.95 Å². The first-order valence-corrected chi connectivity index (χ1v) is 6.81. The lowest BCUT2D eigenvalue weighted by Gasteiger charge is -2.12. The van der Waals surface area contributed by atoms with Crippen molar-refractivity contribution in [3.63, 3.8) is 0 Å². The van der Waals surface area contributed by atoms with Gasteiger partial charge < -0.3 is 16.2 Å². The molecule has 0 amide bonds. The van der Waals surface area contributed by atoms with Crippen molar-refractivity contribution in [3.05, 3.63) is 54.7 Å². The van der Waals surface area contributed by atoms with Gasteiger partial charge in [-0.3, -0.25) is 0 Å². The lowest BCUT2D eigenvalue weighted by Crippen LogP contribution is -2.02. The van der Waals surface area contributed by atoms with Gasteiger partial charge in [-0.1, -0.05) is 36.4 Å². The van der Waals surface area contributed by atoms with E-state index >= 15 is 0 Å². The molecule has 0 fully saturated rings. The van der Waals surface area contributed by atoms with Gasteiger partial charge in [0.05, 0.1) is 7.11 Å². The SMILES string of the molecule is COc1ccc(-c2ccccc2)cc1-c1cnc(N)nc1N. The second-order valence-corrected chi connectivity index (χ2v) is 4.81. The minimum Gasteiger partial charge on any atom is -0.496 e. The smallest absolute Gasteiger partial charge is 0.221 e. The number of hydrogen-bond acceptors (Lipinski definition) is 5. The van der Waals surface area contributed by atoms with E-state index in [4.69, 9.17) is 16.2 Å². The predicted octanol–water partition coefficient (Wildman–Crippen LogP) is 2.98. The first-order chi connectivity index (χ1) is 10.7. The molecule has 22 heavy (non-hydrogen) atoms. The van der Waals surface area contributed by atoms with Crippen LogP contribution in [-0.2, 0) is 0 Å². The summed E-state index contributed by atoms with van der Waals surface area (Å²) in [6.07, 6.45) is 1.62. The second kappa shape index (κ2) is 5.73. The third-order valence-corrected chi connectivity index (χ3v) is 3.43. The number of aromatic nitrogens is 2. The number of hydrogen-bond donors (Lipinski definition) is 2. The monoisotopic (exact) mass is 292 g/mol. The van der Waals surface area contributed by atoms with Crippen molar-refractivity contribution in [2.75, 3.05) is 18.6 Å². The van der Waals surface area contributed by atoms with Crippen LogP contribution in [0.4, 0.5) is 11.8 Å². The molecule has 0 unspecified atom stereocenters. The molecule has 3 aromatic rings. The van der Waals surface area contributed by atoms with E-state index in [0.29, 0.717) is 17.1 Å². The Bertz CT molecular complexity index is 803. The van der Waals surface area contributed by atoms with E-state index in [2.05, 4.69) is 22.1 Å². The third-order valence-electron chi connectivity index (χ3n) is 3.43. The van der Waals surface area contributed by atoms with Gasteiger partial charge >= 0.3 is 0 Å². The fourth-order valence-corrected chi connectivity index (χ4v) is 2.35. The van der Waals surface area contributed by atoms with Crippen LogP contribution in [-0.4, -0.2) is 17.1 Å². The predicted molar refractivity (Wildman–Crippen MR) is 88.3 cm³/mol. The van der Waals surface area contributed by atoms with Crippen molar-refractivity contribution in [2.45, 2.75) is 0 Å². The molecule has 0 aliphatic heterocycles. The molecule has 2 aromatic carbocycles. The highest BCUT2D eigenvalue weighted by atomic mass is 16.5. The van der Waals surface area contributed by atoms with E-state index in [0.717, 1.165) is 16.7 Å². The number of nitrogens with two attached hydrogens (primary N) is 2. The molecule has 0 aliphatic rings. The van der Waals surface area contributed by atoms with Gasteiger partial charge in [-0.25, -0.2) is 4.98 Å². The molecule has 0 atom stereocenters. The van der Waals surface area contributed by atoms with Crippen molar-refractivity contribution in [3.8, 4) is 28.0 Å². The fraction of sp³-hybridized carbons (Fsp3) is 0.0588. The van der Waals surface area contributed by atoms with Crippen LogP contribution in [0.25, 0.3) is 22.3 Å². The molecule has 0 aliphatic carbocycles. The lowest BCUT2D eigenvalue weighted by molar-refractivity contribution is 0.416. The number of nitrogens with zero attached hydrogens (tertiary/aromatic N) is 2. The second-order valence-electron chi connectivity index (χ2n) is 4.81. The molecule has 0 saturated carbocycles. The van der Waals surface area contributed by atoms with Crippen molar-refractivity contribution in [1.82, 2.24) is 9.97 Å². The maximum atomic E-state index is 5.98. The molecular formula is C17H16N4O. The maximum Gasteiger partial charge on any atom is 0.221 e. The van der Waals surface area contributed by atoms with E-state index in [1.165, 1.54) is 0 Å². The van der Waals surface area contributed by atoms with E-state index < -0.39 is 0 Å². The summed E-state index contributed by atoms with van der Waals surface area (Å²) < 4.78 is 5.43. The number of ether oxygens (including phenoxy) is 1. The average Bonchev–Trinajstić information content (AvgIpc) is 2.55. The molecule has 5 heteroatoms. The zero-order chi connectivity index (χ0) is 15.5.